The Morgan fingerprint density at radius 2 is 1.81 bits per heavy atom. The highest BCUT2D eigenvalue weighted by atomic mass is 19.4. The van der Waals surface area contributed by atoms with E-state index in [-0.39, 0.29) is 24.3 Å². The zero-order chi connectivity index (χ0) is 19.4. The van der Waals surface area contributed by atoms with E-state index in [2.05, 4.69) is 10.2 Å². The van der Waals surface area contributed by atoms with Gasteiger partial charge in [0.05, 0.1) is 7.11 Å². The Balaban J connectivity index is 1.48. The molecular formula is C17H18F3N3O4. The molecule has 2 heterocycles. The minimum Gasteiger partial charge on any atom is -0.497 e. The number of nitrogens with zero attached hydrogens (tertiary/aromatic N) is 3. The monoisotopic (exact) mass is 385 g/mol. The van der Waals surface area contributed by atoms with Crippen molar-refractivity contribution in [3.63, 3.8) is 0 Å². The molecule has 1 aliphatic rings. The molecule has 2 aromatic rings. The minimum atomic E-state index is -4.65. The van der Waals surface area contributed by atoms with Crippen molar-refractivity contribution >= 4 is 5.91 Å². The Kier molecular flexibility index (Phi) is 5.52. The summed E-state index contributed by atoms with van der Waals surface area (Å²) in [6, 6.07) is 6.86. The number of piperidine rings is 1. The van der Waals surface area contributed by atoms with Gasteiger partial charge in [0.15, 0.2) is 6.61 Å². The summed E-state index contributed by atoms with van der Waals surface area (Å²) in [5.41, 5.74) is 0. The van der Waals surface area contributed by atoms with Crippen LogP contribution in [0.5, 0.6) is 11.5 Å². The number of likely N-dealkylation sites (tertiary alicyclic amines) is 1. The zero-order valence-corrected chi connectivity index (χ0v) is 14.5. The third-order valence-electron chi connectivity index (χ3n) is 4.30. The lowest BCUT2D eigenvalue weighted by Gasteiger charge is -2.30. The van der Waals surface area contributed by atoms with E-state index >= 15 is 0 Å². The number of alkyl halides is 3. The molecule has 7 nitrogen and oxygen atoms in total. The molecule has 27 heavy (non-hydrogen) atoms. The number of halogens is 3. The Morgan fingerprint density at radius 1 is 1.19 bits per heavy atom. The van der Waals surface area contributed by atoms with Crippen molar-refractivity contribution in [3.8, 4) is 11.5 Å². The van der Waals surface area contributed by atoms with Crippen molar-refractivity contribution < 1.29 is 31.9 Å². The molecule has 0 unspecified atom stereocenters. The van der Waals surface area contributed by atoms with Gasteiger partial charge < -0.3 is 18.8 Å². The van der Waals surface area contributed by atoms with Crippen LogP contribution in [0.25, 0.3) is 0 Å². The van der Waals surface area contributed by atoms with Gasteiger partial charge in [0.2, 0.25) is 5.89 Å². The predicted molar refractivity (Wildman–Crippen MR) is 86.3 cm³/mol. The maximum atomic E-state index is 12.5. The molecule has 3 rings (SSSR count). The van der Waals surface area contributed by atoms with Gasteiger partial charge in [-0.05, 0) is 37.1 Å². The lowest BCUT2D eigenvalue weighted by Crippen LogP contribution is -2.40. The molecule has 1 aliphatic heterocycles. The summed E-state index contributed by atoms with van der Waals surface area (Å²) in [6.07, 6.45) is -3.75. The highest BCUT2D eigenvalue weighted by Gasteiger charge is 2.39. The second-order valence-corrected chi connectivity index (χ2v) is 6.06. The van der Waals surface area contributed by atoms with Crippen LogP contribution < -0.4 is 9.47 Å². The number of rotatable bonds is 5. The number of hydrogen-bond acceptors (Lipinski definition) is 6. The number of methoxy groups -OCH3 is 1. The molecule has 1 aromatic carbocycles. The molecule has 1 amide bonds. The molecular weight excluding hydrogens is 367 g/mol. The lowest BCUT2D eigenvalue weighted by atomic mass is 9.97. The maximum Gasteiger partial charge on any atom is 0.470 e. The van der Waals surface area contributed by atoms with Crippen LogP contribution in [0.1, 0.15) is 30.5 Å². The summed E-state index contributed by atoms with van der Waals surface area (Å²) in [6.45, 7) is 0.661. The molecule has 0 bridgehead atoms. The van der Waals surface area contributed by atoms with E-state index in [9.17, 15) is 18.0 Å². The van der Waals surface area contributed by atoms with Crippen LogP contribution in [0.4, 0.5) is 13.2 Å². The topological polar surface area (TPSA) is 77.7 Å². The van der Waals surface area contributed by atoms with E-state index < -0.39 is 12.1 Å². The van der Waals surface area contributed by atoms with Crippen molar-refractivity contribution in [1.82, 2.24) is 15.1 Å². The van der Waals surface area contributed by atoms with E-state index in [1.807, 2.05) is 0 Å². The highest BCUT2D eigenvalue weighted by molar-refractivity contribution is 5.77. The SMILES string of the molecule is COc1ccc(OCC(=O)N2CCC(c3nnc(C(F)(F)F)o3)CC2)cc1. The van der Waals surface area contributed by atoms with Crippen LogP contribution in [0.3, 0.4) is 0 Å². The van der Waals surface area contributed by atoms with Crippen LogP contribution >= 0.6 is 0 Å². The molecule has 0 spiro atoms. The summed E-state index contributed by atoms with van der Waals surface area (Å²) < 4.78 is 52.8. The Bertz CT molecular complexity index is 768. The van der Waals surface area contributed by atoms with E-state index in [4.69, 9.17) is 13.9 Å². The maximum absolute atomic E-state index is 12.5. The third-order valence-corrected chi connectivity index (χ3v) is 4.30. The first-order valence-corrected chi connectivity index (χ1v) is 8.32. The molecule has 10 heteroatoms. The fourth-order valence-corrected chi connectivity index (χ4v) is 2.80. The Morgan fingerprint density at radius 3 is 2.37 bits per heavy atom. The minimum absolute atomic E-state index is 0.0380. The first kappa shape index (κ1) is 19.0. The number of benzene rings is 1. The van der Waals surface area contributed by atoms with Gasteiger partial charge in [-0.1, -0.05) is 0 Å². The van der Waals surface area contributed by atoms with Crippen molar-refractivity contribution in [2.45, 2.75) is 24.9 Å². The predicted octanol–water partition coefficient (Wildman–Crippen LogP) is 2.88. The Hall–Kier alpha value is -2.78. The molecule has 1 fully saturated rings. The molecule has 0 radical (unpaired) electrons. The fourth-order valence-electron chi connectivity index (χ4n) is 2.80. The first-order valence-electron chi connectivity index (χ1n) is 8.32. The molecule has 1 saturated heterocycles. The molecule has 0 aliphatic carbocycles. The van der Waals surface area contributed by atoms with Gasteiger partial charge in [-0.3, -0.25) is 4.79 Å². The van der Waals surface area contributed by atoms with Gasteiger partial charge in [0.25, 0.3) is 5.91 Å². The zero-order valence-electron chi connectivity index (χ0n) is 14.5. The third kappa shape index (κ3) is 4.69. The van der Waals surface area contributed by atoms with Gasteiger partial charge in [0, 0.05) is 19.0 Å². The average Bonchev–Trinajstić information content (AvgIpc) is 3.17. The van der Waals surface area contributed by atoms with Crippen LogP contribution in [-0.2, 0) is 11.0 Å². The summed E-state index contributed by atoms with van der Waals surface area (Å²) in [7, 11) is 1.56. The summed E-state index contributed by atoms with van der Waals surface area (Å²) >= 11 is 0. The number of amides is 1. The van der Waals surface area contributed by atoms with Crippen LogP contribution in [0.15, 0.2) is 28.7 Å². The number of carbonyl (C=O) groups excluding carboxylic acids is 1. The second kappa shape index (κ2) is 7.85. The normalized spacial score (nSPS) is 15.6. The second-order valence-electron chi connectivity index (χ2n) is 6.06. The van der Waals surface area contributed by atoms with Gasteiger partial charge in [0.1, 0.15) is 11.5 Å². The van der Waals surface area contributed by atoms with Crippen molar-refractivity contribution in [2.24, 2.45) is 0 Å². The first-order chi connectivity index (χ1) is 12.9. The Labute approximate surface area is 153 Å². The largest absolute Gasteiger partial charge is 0.497 e. The molecule has 0 saturated carbocycles. The van der Waals surface area contributed by atoms with Gasteiger partial charge >= 0.3 is 12.1 Å². The van der Waals surface area contributed by atoms with Crippen molar-refractivity contribution in [3.05, 3.63) is 36.0 Å². The summed E-state index contributed by atoms with van der Waals surface area (Å²) in [5, 5.41) is 6.53. The highest BCUT2D eigenvalue weighted by Crippen LogP contribution is 2.32. The van der Waals surface area contributed by atoms with E-state index in [0.29, 0.717) is 37.4 Å². The smallest absolute Gasteiger partial charge is 0.470 e. The van der Waals surface area contributed by atoms with E-state index in [1.54, 1.807) is 36.3 Å². The quantitative estimate of drug-likeness (QED) is 0.788. The van der Waals surface area contributed by atoms with Gasteiger partial charge in [-0.2, -0.15) is 13.2 Å². The van der Waals surface area contributed by atoms with Crippen LogP contribution in [-0.4, -0.2) is 47.8 Å². The molecule has 1 aromatic heterocycles. The van der Waals surface area contributed by atoms with Gasteiger partial charge in [-0.25, -0.2) is 0 Å². The molecule has 0 atom stereocenters. The average molecular weight is 385 g/mol. The van der Waals surface area contributed by atoms with Crippen molar-refractivity contribution in [2.75, 3.05) is 26.8 Å². The number of aromatic nitrogens is 2. The van der Waals surface area contributed by atoms with Crippen LogP contribution in [0, 0.1) is 0 Å². The van der Waals surface area contributed by atoms with Crippen LogP contribution in [0.2, 0.25) is 0 Å². The fraction of sp³-hybridized carbons (Fsp3) is 0.471. The van der Waals surface area contributed by atoms with E-state index in [0.717, 1.165) is 0 Å². The standard InChI is InChI=1S/C17H18F3N3O4/c1-25-12-2-4-13(5-3-12)26-10-14(24)23-8-6-11(7-9-23)15-21-22-16(27-15)17(18,19)20/h2-5,11H,6-10H2,1H3. The summed E-state index contributed by atoms with van der Waals surface area (Å²) in [5.74, 6) is -0.631. The summed E-state index contributed by atoms with van der Waals surface area (Å²) in [4.78, 5) is 13.9. The lowest BCUT2D eigenvalue weighted by molar-refractivity contribution is -0.157. The van der Waals surface area contributed by atoms with Gasteiger partial charge in [-0.15, -0.1) is 10.2 Å². The van der Waals surface area contributed by atoms with Crippen molar-refractivity contribution in [1.29, 1.82) is 0 Å². The number of ether oxygens (including phenoxy) is 2. The number of carbonyl (C=O) groups is 1. The molecule has 0 N–H and O–H groups in total. The molecule has 146 valence electrons. The van der Waals surface area contributed by atoms with E-state index in [1.165, 1.54) is 0 Å². The number of hydrogen-bond donors (Lipinski definition) is 0.